The van der Waals surface area contributed by atoms with Gasteiger partial charge in [-0.3, -0.25) is 0 Å². The fraction of sp³-hybridized carbons (Fsp3) is 0.409. The third-order valence-corrected chi connectivity index (χ3v) is 5.51. The summed E-state index contributed by atoms with van der Waals surface area (Å²) in [4.78, 5) is 16.9. The average molecular weight is 397 g/mol. The first kappa shape index (κ1) is 19.2. The van der Waals surface area contributed by atoms with Crippen molar-refractivity contribution < 1.29 is 19.0 Å². The van der Waals surface area contributed by atoms with Crippen LogP contribution < -0.4 is 24.4 Å². The summed E-state index contributed by atoms with van der Waals surface area (Å²) in [5.41, 5.74) is 2.21. The molecule has 0 aliphatic carbocycles. The standard InChI is InChI=1S/C22H27N3O4/c1-27-19-5-3-18(4-6-19)24-9-11-25(12-10-24)22(26)23-17-13-16-14-20(28-2)7-8-21(16)29-15-17/h3-8,14,17H,9-13,15H2,1-2H3,(H,23,26). The van der Waals surface area contributed by atoms with E-state index in [1.165, 1.54) is 0 Å². The highest BCUT2D eigenvalue weighted by atomic mass is 16.5. The molecule has 4 rings (SSSR count). The van der Waals surface area contributed by atoms with Gasteiger partial charge >= 0.3 is 6.03 Å². The molecule has 2 aliphatic rings. The Bertz CT molecular complexity index is 848. The Kier molecular flexibility index (Phi) is 5.64. The molecule has 0 bridgehead atoms. The van der Waals surface area contributed by atoms with E-state index in [4.69, 9.17) is 14.2 Å². The van der Waals surface area contributed by atoms with Gasteiger partial charge in [-0.15, -0.1) is 0 Å². The lowest BCUT2D eigenvalue weighted by Crippen LogP contribution is -2.55. The highest BCUT2D eigenvalue weighted by Gasteiger charge is 2.26. The molecule has 2 aromatic carbocycles. The Balaban J connectivity index is 1.29. The lowest BCUT2D eigenvalue weighted by molar-refractivity contribution is 0.178. The number of nitrogens with zero attached hydrogens (tertiary/aromatic N) is 2. The number of anilines is 1. The van der Waals surface area contributed by atoms with Gasteiger partial charge in [0.15, 0.2) is 0 Å². The van der Waals surface area contributed by atoms with Crippen LogP contribution in [0.1, 0.15) is 5.56 Å². The lowest BCUT2D eigenvalue weighted by Gasteiger charge is -2.37. The fourth-order valence-corrected chi connectivity index (χ4v) is 3.82. The van der Waals surface area contributed by atoms with Crippen molar-refractivity contribution in [3.63, 3.8) is 0 Å². The number of urea groups is 1. The third-order valence-electron chi connectivity index (χ3n) is 5.51. The van der Waals surface area contributed by atoms with Crippen LogP contribution in [-0.2, 0) is 6.42 Å². The number of rotatable bonds is 4. The predicted octanol–water partition coefficient (Wildman–Crippen LogP) is 2.54. The van der Waals surface area contributed by atoms with Crippen LogP contribution in [0.15, 0.2) is 42.5 Å². The molecule has 0 radical (unpaired) electrons. The second kappa shape index (κ2) is 8.51. The summed E-state index contributed by atoms with van der Waals surface area (Å²) in [6.45, 7) is 3.48. The molecule has 1 saturated heterocycles. The van der Waals surface area contributed by atoms with Gasteiger partial charge in [-0.25, -0.2) is 4.79 Å². The van der Waals surface area contributed by atoms with Crippen molar-refractivity contribution in [3.05, 3.63) is 48.0 Å². The van der Waals surface area contributed by atoms with Crippen LogP contribution in [0.3, 0.4) is 0 Å². The summed E-state index contributed by atoms with van der Waals surface area (Å²) in [5.74, 6) is 2.51. The van der Waals surface area contributed by atoms with Gasteiger partial charge in [-0.05, 0) is 54.4 Å². The van der Waals surface area contributed by atoms with E-state index in [2.05, 4.69) is 22.3 Å². The van der Waals surface area contributed by atoms with Crippen molar-refractivity contribution in [1.82, 2.24) is 10.2 Å². The van der Waals surface area contributed by atoms with Crippen LogP contribution in [0, 0.1) is 0 Å². The Hall–Kier alpha value is -3.09. The van der Waals surface area contributed by atoms with Crippen LogP contribution in [-0.4, -0.2) is 64.0 Å². The van der Waals surface area contributed by atoms with Crippen molar-refractivity contribution in [2.24, 2.45) is 0 Å². The van der Waals surface area contributed by atoms with Gasteiger partial charge in [0.05, 0.1) is 20.3 Å². The van der Waals surface area contributed by atoms with Crippen molar-refractivity contribution in [2.45, 2.75) is 12.5 Å². The average Bonchev–Trinajstić information content (AvgIpc) is 2.78. The van der Waals surface area contributed by atoms with Crippen molar-refractivity contribution in [1.29, 1.82) is 0 Å². The van der Waals surface area contributed by atoms with Gasteiger partial charge in [0.25, 0.3) is 0 Å². The Morgan fingerprint density at radius 2 is 1.69 bits per heavy atom. The number of methoxy groups -OCH3 is 2. The summed E-state index contributed by atoms with van der Waals surface area (Å²) >= 11 is 0. The van der Waals surface area contributed by atoms with Gasteiger partial charge in [-0.1, -0.05) is 0 Å². The summed E-state index contributed by atoms with van der Waals surface area (Å²) in [6.07, 6.45) is 0.740. The molecule has 2 heterocycles. The molecule has 0 aromatic heterocycles. The Morgan fingerprint density at radius 1 is 1.00 bits per heavy atom. The highest BCUT2D eigenvalue weighted by Crippen LogP contribution is 2.28. The summed E-state index contributed by atoms with van der Waals surface area (Å²) < 4.78 is 16.3. The van der Waals surface area contributed by atoms with E-state index < -0.39 is 0 Å². The van der Waals surface area contributed by atoms with Crippen LogP contribution in [0.5, 0.6) is 17.2 Å². The minimum Gasteiger partial charge on any atom is -0.497 e. The van der Waals surface area contributed by atoms with Crippen LogP contribution in [0.2, 0.25) is 0 Å². The van der Waals surface area contributed by atoms with Gasteiger partial charge in [-0.2, -0.15) is 0 Å². The minimum absolute atomic E-state index is 0.0284. The second-order valence-electron chi connectivity index (χ2n) is 7.31. The molecule has 0 spiro atoms. The lowest BCUT2D eigenvalue weighted by atomic mass is 10.0. The van der Waals surface area contributed by atoms with E-state index >= 15 is 0 Å². The quantitative estimate of drug-likeness (QED) is 0.859. The first-order valence-corrected chi connectivity index (χ1v) is 9.90. The zero-order valence-electron chi connectivity index (χ0n) is 16.9. The molecule has 0 saturated carbocycles. The number of piperazine rings is 1. The molecule has 1 fully saturated rings. The topological polar surface area (TPSA) is 63.3 Å². The number of carbonyl (C=O) groups excluding carboxylic acids is 1. The molecule has 1 N–H and O–H groups in total. The smallest absolute Gasteiger partial charge is 0.317 e. The molecule has 1 atom stereocenters. The number of hydrogen-bond donors (Lipinski definition) is 1. The number of benzene rings is 2. The summed E-state index contributed by atoms with van der Waals surface area (Å²) in [6, 6.07) is 13.8. The van der Waals surface area contributed by atoms with Crippen LogP contribution >= 0.6 is 0 Å². The molecule has 7 nitrogen and oxygen atoms in total. The molecule has 1 unspecified atom stereocenters. The summed E-state index contributed by atoms with van der Waals surface area (Å²) in [7, 11) is 3.31. The predicted molar refractivity (Wildman–Crippen MR) is 111 cm³/mol. The zero-order valence-corrected chi connectivity index (χ0v) is 16.9. The first-order valence-electron chi connectivity index (χ1n) is 9.90. The Morgan fingerprint density at radius 3 is 2.38 bits per heavy atom. The molecular weight excluding hydrogens is 370 g/mol. The van der Waals surface area contributed by atoms with Gasteiger partial charge in [0.1, 0.15) is 23.9 Å². The van der Waals surface area contributed by atoms with Crippen LogP contribution in [0.4, 0.5) is 10.5 Å². The van der Waals surface area contributed by atoms with E-state index in [-0.39, 0.29) is 12.1 Å². The molecule has 2 aliphatic heterocycles. The van der Waals surface area contributed by atoms with E-state index in [9.17, 15) is 4.79 Å². The number of amides is 2. The number of ether oxygens (including phenoxy) is 3. The molecule has 2 aromatic rings. The molecular formula is C22H27N3O4. The van der Waals surface area contributed by atoms with Gasteiger partial charge in [0, 0.05) is 31.9 Å². The third kappa shape index (κ3) is 4.34. The monoisotopic (exact) mass is 397 g/mol. The SMILES string of the molecule is COc1ccc(N2CCN(C(=O)NC3COc4ccc(OC)cc4C3)CC2)cc1. The van der Waals surface area contributed by atoms with E-state index in [1.54, 1.807) is 14.2 Å². The maximum absolute atomic E-state index is 12.7. The van der Waals surface area contributed by atoms with Gasteiger partial charge < -0.3 is 29.3 Å². The summed E-state index contributed by atoms with van der Waals surface area (Å²) in [5, 5.41) is 3.12. The van der Waals surface area contributed by atoms with Crippen molar-refractivity contribution >= 4 is 11.7 Å². The fourth-order valence-electron chi connectivity index (χ4n) is 3.82. The molecule has 29 heavy (non-hydrogen) atoms. The zero-order chi connectivity index (χ0) is 20.2. The maximum Gasteiger partial charge on any atom is 0.317 e. The second-order valence-corrected chi connectivity index (χ2v) is 7.31. The van der Waals surface area contributed by atoms with E-state index in [1.807, 2.05) is 35.2 Å². The van der Waals surface area contributed by atoms with Crippen molar-refractivity contribution in [3.8, 4) is 17.2 Å². The number of nitrogens with one attached hydrogen (secondary N) is 1. The van der Waals surface area contributed by atoms with Crippen molar-refractivity contribution in [2.75, 3.05) is 51.9 Å². The Labute approximate surface area is 171 Å². The number of fused-ring (bicyclic) bond motifs is 1. The largest absolute Gasteiger partial charge is 0.497 e. The van der Waals surface area contributed by atoms with E-state index in [0.29, 0.717) is 19.7 Å². The van der Waals surface area contributed by atoms with Crippen LogP contribution in [0.25, 0.3) is 0 Å². The number of hydrogen-bond acceptors (Lipinski definition) is 5. The normalized spacial score (nSPS) is 18.5. The van der Waals surface area contributed by atoms with Gasteiger partial charge in [0.2, 0.25) is 0 Å². The molecule has 7 heteroatoms. The molecule has 2 amide bonds. The highest BCUT2D eigenvalue weighted by molar-refractivity contribution is 5.75. The minimum atomic E-state index is -0.0401. The number of carbonyl (C=O) groups is 1. The molecule has 154 valence electrons. The first-order chi connectivity index (χ1) is 14.2. The maximum atomic E-state index is 12.7. The van der Waals surface area contributed by atoms with E-state index in [0.717, 1.165) is 48.0 Å².